The van der Waals surface area contributed by atoms with Crippen LogP contribution in [0.1, 0.15) is 35.3 Å². The molecule has 0 amide bonds. The molecule has 1 fully saturated rings. The Balaban J connectivity index is 1.50. The molecule has 0 spiro atoms. The van der Waals surface area contributed by atoms with Crippen molar-refractivity contribution in [1.29, 1.82) is 0 Å². The summed E-state index contributed by atoms with van der Waals surface area (Å²) >= 11 is 0. The van der Waals surface area contributed by atoms with Crippen LogP contribution >= 0.6 is 0 Å². The molecule has 8 nitrogen and oxygen atoms in total. The normalized spacial score (nSPS) is 23.6. The quantitative estimate of drug-likeness (QED) is 0.338. The van der Waals surface area contributed by atoms with Gasteiger partial charge in [-0.1, -0.05) is 36.4 Å². The number of fused-ring (bicyclic) bond motifs is 1. The molecule has 1 N–H and O–H groups in total. The number of methoxy groups -OCH3 is 1. The lowest BCUT2D eigenvalue weighted by Crippen LogP contribution is -2.43. The average Bonchev–Trinajstić information content (AvgIpc) is 3.30. The zero-order valence-corrected chi connectivity index (χ0v) is 21.1. The van der Waals surface area contributed by atoms with Crippen LogP contribution in [0.25, 0.3) is 22.0 Å². The molecule has 4 atom stereocenters. The van der Waals surface area contributed by atoms with E-state index in [-0.39, 0.29) is 28.8 Å². The molecule has 1 saturated heterocycles. The van der Waals surface area contributed by atoms with Gasteiger partial charge in [-0.3, -0.25) is 0 Å². The lowest BCUT2D eigenvalue weighted by atomic mass is 10.00. The van der Waals surface area contributed by atoms with Gasteiger partial charge in [0, 0.05) is 12.0 Å². The first kappa shape index (κ1) is 27.2. The van der Waals surface area contributed by atoms with Crippen molar-refractivity contribution in [2.24, 2.45) is 0 Å². The topological polar surface area (TPSA) is 88.4 Å². The van der Waals surface area contributed by atoms with Gasteiger partial charge < -0.3 is 28.9 Å². The summed E-state index contributed by atoms with van der Waals surface area (Å²) in [6.07, 6.45) is -2.60. The maximum atomic E-state index is 14.2. The highest BCUT2D eigenvalue weighted by molar-refractivity contribution is 5.98. The molecule has 39 heavy (non-hydrogen) atoms. The van der Waals surface area contributed by atoms with Gasteiger partial charge in [-0.2, -0.15) is 17.9 Å². The van der Waals surface area contributed by atoms with Gasteiger partial charge in [-0.15, -0.1) is 0 Å². The minimum atomic E-state index is -4.71. The van der Waals surface area contributed by atoms with Crippen molar-refractivity contribution in [2.75, 3.05) is 20.3 Å². The first-order valence-corrected chi connectivity index (χ1v) is 12.6. The van der Waals surface area contributed by atoms with E-state index in [9.17, 15) is 23.1 Å². The Labute approximate surface area is 222 Å². The summed E-state index contributed by atoms with van der Waals surface area (Å²) in [5.74, 6) is -0.894. The molecule has 0 bridgehead atoms. The number of esters is 1. The highest BCUT2D eigenvalue weighted by atomic mass is 19.4. The standard InChI is InChI=1S/C28H28F3NO7/c1-35-27(34)22-15-19-20(28(29,30)31)13-18(17-7-3-2-4-8-17)14-21(19)32(22)39-26-11-10-23(33)24(38-26)16-37-25-9-5-6-12-36-25/h2-4,7-8,10-11,13-15,23-26,33H,5-6,9,12,16H2,1H3/t23-,24-,25?,26+/m1/s1. The Kier molecular flexibility index (Phi) is 7.94. The summed E-state index contributed by atoms with van der Waals surface area (Å²) in [6.45, 7) is 0.592. The second kappa shape index (κ2) is 11.4. The van der Waals surface area contributed by atoms with E-state index in [0.29, 0.717) is 12.2 Å². The van der Waals surface area contributed by atoms with Crippen molar-refractivity contribution in [3.63, 3.8) is 0 Å². The van der Waals surface area contributed by atoms with Crippen LogP contribution in [0.5, 0.6) is 0 Å². The second-order valence-corrected chi connectivity index (χ2v) is 9.29. The van der Waals surface area contributed by atoms with Crippen molar-refractivity contribution in [3.05, 3.63) is 71.9 Å². The lowest BCUT2D eigenvalue weighted by molar-refractivity contribution is -0.219. The lowest BCUT2D eigenvalue weighted by Gasteiger charge is -2.31. The Bertz CT molecular complexity index is 1330. The summed E-state index contributed by atoms with van der Waals surface area (Å²) in [5, 5.41) is 10.2. The minimum absolute atomic E-state index is 0.00267. The highest BCUT2D eigenvalue weighted by Crippen LogP contribution is 2.39. The van der Waals surface area contributed by atoms with Crippen molar-refractivity contribution in [2.45, 2.75) is 50.2 Å². The van der Waals surface area contributed by atoms with E-state index in [2.05, 4.69) is 0 Å². The molecule has 2 aliphatic rings. The SMILES string of the molecule is COC(=O)c1cc2c(C(F)(F)F)cc(-c3ccccc3)cc2n1O[C@H]1C=C[C@@H](O)[C@@H](COC2CCCCO2)O1. The number of carbonyl (C=O) groups is 1. The number of ether oxygens (including phenoxy) is 4. The van der Waals surface area contributed by atoms with E-state index in [0.717, 1.165) is 43.2 Å². The molecule has 2 aromatic carbocycles. The molecule has 2 aliphatic heterocycles. The van der Waals surface area contributed by atoms with Crippen LogP contribution in [-0.4, -0.2) is 60.9 Å². The van der Waals surface area contributed by atoms with E-state index in [1.807, 2.05) is 0 Å². The Morgan fingerprint density at radius 3 is 2.59 bits per heavy atom. The summed E-state index contributed by atoms with van der Waals surface area (Å²) in [6, 6.07) is 12.2. The number of halogens is 3. The molecule has 5 rings (SSSR count). The molecule has 1 aromatic heterocycles. The van der Waals surface area contributed by atoms with Gasteiger partial charge in [-0.05, 0) is 54.7 Å². The third-order valence-corrected chi connectivity index (χ3v) is 6.63. The third kappa shape index (κ3) is 5.96. The Morgan fingerprint density at radius 1 is 1.10 bits per heavy atom. The van der Waals surface area contributed by atoms with Crippen LogP contribution in [0.3, 0.4) is 0 Å². The minimum Gasteiger partial charge on any atom is -0.464 e. The van der Waals surface area contributed by atoms with E-state index >= 15 is 0 Å². The van der Waals surface area contributed by atoms with E-state index in [4.69, 9.17) is 23.8 Å². The van der Waals surface area contributed by atoms with Gasteiger partial charge in [0.25, 0.3) is 0 Å². The molecule has 0 saturated carbocycles. The second-order valence-electron chi connectivity index (χ2n) is 9.29. The monoisotopic (exact) mass is 547 g/mol. The van der Waals surface area contributed by atoms with Gasteiger partial charge in [0.2, 0.25) is 6.29 Å². The first-order valence-electron chi connectivity index (χ1n) is 12.6. The van der Waals surface area contributed by atoms with Crippen LogP contribution in [-0.2, 0) is 25.1 Å². The smallest absolute Gasteiger partial charge is 0.417 e. The van der Waals surface area contributed by atoms with Crippen molar-refractivity contribution in [3.8, 4) is 11.1 Å². The fraction of sp³-hybridized carbons (Fsp3) is 0.393. The van der Waals surface area contributed by atoms with Gasteiger partial charge in [0.1, 0.15) is 12.2 Å². The molecule has 1 unspecified atom stereocenters. The van der Waals surface area contributed by atoms with Gasteiger partial charge >= 0.3 is 12.1 Å². The zero-order chi connectivity index (χ0) is 27.6. The summed E-state index contributed by atoms with van der Waals surface area (Å²) in [7, 11) is 1.12. The van der Waals surface area contributed by atoms with Gasteiger partial charge in [-0.25, -0.2) is 4.79 Å². The number of nitrogens with zero attached hydrogens (tertiary/aromatic N) is 1. The van der Waals surface area contributed by atoms with E-state index in [1.165, 1.54) is 18.2 Å². The number of rotatable bonds is 7. The third-order valence-electron chi connectivity index (χ3n) is 6.63. The summed E-state index contributed by atoms with van der Waals surface area (Å²) in [4.78, 5) is 18.6. The summed E-state index contributed by atoms with van der Waals surface area (Å²) < 4.78 is 65.5. The molecule has 3 aromatic rings. The van der Waals surface area contributed by atoms with Crippen LogP contribution in [0.4, 0.5) is 13.2 Å². The number of alkyl halides is 3. The van der Waals surface area contributed by atoms with E-state index < -0.39 is 42.5 Å². The molecule has 0 radical (unpaired) electrons. The Morgan fingerprint density at radius 2 is 1.90 bits per heavy atom. The van der Waals surface area contributed by atoms with Crippen molar-refractivity contribution in [1.82, 2.24) is 4.73 Å². The number of benzene rings is 2. The predicted molar refractivity (Wildman–Crippen MR) is 134 cm³/mol. The first-order chi connectivity index (χ1) is 18.7. The van der Waals surface area contributed by atoms with Crippen LogP contribution in [0.15, 0.2) is 60.7 Å². The van der Waals surface area contributed by atoms with Crippen molar-refractivity contribution >= 4 is 16.9 Å². The van der Waals surface area contributed by atoms with Crippen LogP contribution < -0.4 is 4.84 Å². The molecular weight excluding hydrogens is 519 g/mol. The summed E-state index contributed by atoms with van der Waals surface area (Å²) in [5.41, 5.74) is -0.355. The number of aliphatic hydroxyl groups excluding tert-OH is 1. The molecule has 208 valence electrons. The molecular formula is C28H28F3NO7. The van der Waals surface area contributed by atoms with E-state index in [1.54, 1.807) is 30.3 Å². The molecule has 11 heteroatoms. The van der Waals surface area contributed by atoms with Crippen molar-refractivity contribution < 1.29 is 46.9 Å². The fourth-order valence-electron chi connectivity index (χ4n) is 4.65. The molecule has 3 heterocycles. The number of hydrogen-bond acceptors (Lipinski definition) is 7. The predicted octanol–water partition coefficient (Wildman–Crippen LogP) is 4.73. The fourth-order valence-corrected chi connectivity index (χ4v) is 4.65. The number of hydrogen-bond donors (Lipinski definition) is 1. The maximum Gasteiger partial charge on any atom is 0.417 e. The Hall–Kier alpha value is -3.38. The number of carbonyl (C=O) groups excluding carboxylic acids is 1. The average molecular weight is 548 g/mol. The maximum absolute atomic E-state index is 14.2. The molecule has 0 aliphatic carbocycles. The number of aliphatic hydroxyl groups is 1. The van der Waals surface area contributed by atoms with Gasteiger partial charge in [0.05, 0.1) is 24.8 Å². The highest BCUT2D eigenvalue weighted by Gasteiger charge is 2.36. The van der Waals surface area contributed by atoms with Crippen LogP contribution in [0.2, 0.25) is 0 Å². The number of aromatic nitrogens is 1. The zero-order valence-electron chi connectivity index (χ0n) is 21.1. The van der Waals surface area contributed by atoms with Crippen LogP contribution in [0, 0.1) is 0 Å². The largest absolute Gasteiger partial charge is 0.464 e. The van der Waals surface area contributed by atoms with Gasteiger partial charge in [0.15, 0.2) is 12.0 Å².